The van der Waals surface area contributed by atoms with Crippen molar-refractivity contribution in [2.24, 2.45) is 11.7 Å². The number of halogens is 1. The van der Waals surface area contributed by atoms with Crippen molar-refractivity contribution in [2.45, 2.75) is 18.3 Å². The van der Waals surface area contributed by atoms with E-state index in [1.165, 1.54) is 28.6 Å². The second-order valence-corrected chi connectivity index (χ2v) is 6.04. The van der Waals surface area contributed by atoms with E-state index in [4.69, 9.17) is 5.73 Å². The summed E-state index contributed by atoms with van der Waals surface area (Å²) in [5, 5.41) is 0. The fraction of sp³-hybridized carbons (Fsp3) is 0.538. The molecule has 0 aromatic heterocycles. The van der Waals surface area contributed by atoms with E-state index < -0.39 is 0 Å². The van der Waals surface area contributed by atoms with Gasteiger partial charge in [0.1, 0.15) is 0 Å². The smallest absolute Gasteiger partial charge is 0.0402 e. The summed E-state index contributed by atoms with van der Waals surface area (Å²) in [4.78, 5) is 2.36. The van der Waals surface area contributed by atoms with E-state index in [-0.39, 0.29) is 0 Å². The Morgan fingerprint density at radius 1 is 1.56 bits per heavy atom. The predicted octanol–water partition coefficient (Wildman–Crippen LogP) is 2.51. The molecule has 0 bridgehead atoms. The quantitative estimate of drug-likeness (QED) is 0.857. The number of rotatable bonds is 1. The summed E-state index contributed by atoms with van der Waals surface area (Å²) in [6.45, 7) is 1.99. The first-order valence-corrected chi connectivity index (χ1v) is 6.68. The van der Waals surface area contributed by atoms with Gasteiger partial charge >= 0.3 is 0 Å². The van der Waals surface area contributed by atoms with Crippen molar-refractivity contribution in [2.75, 3.05) is 25.0 Å². The van der Waals surface area contributed by atoms with E-state index >= 15 is 0 Å². The highest BCUT2D eigenvalue weighted by Crippen LogP contribution is 2.60. The van der Waals surface area contributed by atoms with Crippen LogP contribution in [-0.2, 0) is 5.41 Å². The van der Waals surface area contributed by atoms with E-state index in [9.17, 15) is 0 Å². The van der Waals surface area contributed by atoms with Gasteiger partial charge in [-0.3, -0.25) is 0 Å². The van der Waals surface area contributed by atoms with Gasteiger partial charge in [-0.05, 0) is 49.1 Å². The van der Waals surface area contributed by atoms with Crippen LogP contribution in [0.15, 0.2) is 22.7 Å². The molecule has 1 aliphatic heterocycles. The zero-order valence-corrected chi connectivity index (χ0v) is 11.1. The monoisotopic (exact) mass is 280 g/mol. The summed E-state index contributed by atoms with van der Waals surface area (Å²) in [6, 6.07) is 6.65. The van der Waals surface area contributed by atoms with Gasteiger partial charge in [-0.1, -0.05) is 15.9 Å². The van der Waals surface area contributed by atoms with Crippen LogP contribution in [0.1, 0.15) is 18.4 Å². The second kappa shape index (κ2) is 3.47. The molecule has 1 spiro atoms. The molecule has 3 heteroatoms. The van der Waals surface area contributed by atoms with Gasteiger partial charge in [-0.25, -0.2) is 0 Å². The summed E-state index contributed by atoms with van der Waals surface area (Å²) in [6.07, 6.45) is 2.54. The summed E-state index contributed by atoms with van der Waals surface area (Å²) in [7, 11) is 2.18. The highest BCUT2D eigenvalue weighted by atomic mass is 79.9. The standard InChI is InChI=1S/C13H17BrN2/c1-16-5-4-13(7-9(13)8-15)11-6-10(14)2-3-12(11)16/h2-3,6,9H,4-5,7-8,15H2,1H3. The molecule has 1 heterocycles. The van der Waals surface area contributed by atoms with Gasteiger partial charge in [0, 0.05) is 29.2 Å². The van der Waals surface area contributed by atoms with Gasteiger partial charge in [0.15, 0.2) is 0 Å². The van der Waals surface area contributed by atoms with E-state index in [0.717, 1.165) is 13.1 Å². The van der Waals surface area contributed by atoms with Crippen LogP contribution in [0.5, 0.6) is 0 Å². The lowest BCUT2D eigenvalue weighted by Crippen LogP contribution is -2.32. The van der Waals surface area contributed by atoms with Crippen LogP contribution in [0.25, 0.3) is 0 Å². The van der Waals surface area contributed by atoms with Crippen LogP contribution in [0.3, 0.4) is 0 Å². The molecule has 1 fully saturated rings. The molecule has 2 aliphatic rings. The summed E-state index contributed by atoms with van der Waals surface area (Å²) < 4.78 is 1.18. The molecule has 1 aromatic rings. The van der Waals surface area contributed by atoms with Crippen molar-refractivity contribution < 1.29 is 0 Å². The number of hydrogen-bond donors (Lipinski definition) is 1. The molecule has 86 valence electrons. The number of nitrogens with two attached hydrogens (primary N) is 1. The predicted molar refractivity (Wildman–Crippen MR) is 70.9 cm³/mol. The first-order chi connectivity index (χ1) is 7.67. The van der Waals surface area contributed by atoms with Crippen molar-refractivity contribution in [1.29, 1.82) is 0 Å². The van der Waals surface area contributed by atoms with Crippen molar-refractivity contribution in [3.63, 3.8) is 0 Å². The Morgan fingerprint density at radius 3 is 3.06 bits per heavy atom. The van der Waals surface area contributed by atoms with E-state index in [2.05, 4.69) is 46.1 Å². The van der Waals surface area contributed by atoms with E-state index in [1.54, 1.807) is 0 Å². The molecular formula is C13H17BrN2. The van der Waals surface area contributed by atoms with Crippen LogP contribution in [-0.4, -0.2) is 20.1 Å². The maximum Gasteiger partial charge on any atom is 0.0402 e. The average Bonchev–Trinajstić information content (AvgIpc) is 2.99. The van der Waals surface area contributed by atoms with Crippen molar-refractivity contribution in [3.8, 4) is 0 Å². The summed E-state index contributed by atoms with van der Waals surface area (Å²) >= 11 is 3.58. The van der Waals surface area contributed by atoms with Crippen molar-refractivity contribution in [3.05, 3.63) is 28.2 Å². The minimum absolute atomic E-state index is 0.403. The third-order valence-corrected chi connectivity index (χ3v) is 4.81. The van der Waals surface area contributed by atoms with Gasteiger partial charge in [0.25, 0.3) is 0 Å². The zero-order chi connectivity index (χ0) is 11.3. The van der Waals surface area contributed by atoms with Crippen molar-refractivity contribution in [1.82, 2.24) is 0 Å². The maximum absolute atomic E-state index is 5.84. The highest BCUT2D eigenvalue weighted by Gasteiger charge is 2.56. The van der Waals surface area contributed by atoms with Gasteiger partial charge in [0.2, 0.25) is 0 Å². The van der Waals surface area contributed by atoms with Crippen LogP contribution in [0.4, 0.5) is 5.69 Å². The summed E-state index contributed by atoms with van der Waals surface area (Å²) in [5.41, 5.74) is 9.15. The van der Waals surface area contributed by atoms with Crippen LogP contribution >= 0.6 is 15.9 Å². The number of fused-ring (bicyclic) bond motifs is 2. The first-order valence-electron chi connectivity index (χ1n) is 5.88. The molecule has 3 rings (SSSR count). The minimum atomic E-state index is 0.403. The largest absolute Gasteiger partial charge is 0.374 e. The summed E-state index contributed by atoms with van der Waals surface area (Å²) in [5.74, 6) is 0.703. The molecule has 0 saturated heterocycles. The maximum atomic E-state index is 5.84. The fourth-order valence-corrected chi connectivity index (χ4v) is 3.55. The Bertz CT molecular complexity index is 432. The zero-order valence-electron chi connectivity index (χ0n) is 9.54. The second-order valence-electron chi connectivity index (χ2n) is 5.13. The molecular weight excluding hydrogens is 264 g/mol. The number of hydrogen-bond acceptors (Lipinski definition) is 2. The molecule has 2 atom stereocenters. The number of nitrogens with zero attached hydrogens (tertiary/aromatic N) is 1. The highest BCUT2D eigenvalue weighted by molar-refractivity contribution is 9.10. The normalized spacial score (nSPS) is 31.7. The Labute approximate surface area is 105 Å². The molecule has 2 nitrogen and oxygen atoms in total. The molecule has 1 saturated carbocycles. The molecule has 1 aromatic carbocycles. The number of anilines is 1. The fourth-order valence-electron chi connectivity index (χ4n) is 3.19. The van der Waals surface area contributed by atoms with Gasteiger partial charge in [-0.2, -0.15) is 0 Å². The van der Waals surface area contributed by atoms with Gasteiger partial charge in [0.05, 0.1) is 0 Å². The first kappa shape index (κ1) is 10.6. The molecule has 2 N–H and O–H groups in total. The van der Waals surface area contributed by atoms with Crippen LogP contribution in [0.2, 0.25) is 0 Å². The third kappa shape index (κ3) is 1.34. The molecule has 0 radical (unpaired) electrons. The van der Waals surface area contributed by atoms with Gasteiger partial charge < -0.3 is 10.6 Å². The third-order valence-electron chi connectivity index (χ3n) is 4.32. The Kier molecular flexibility index (Phi) is 2.30. The lowest BCUT2D eigenvalue weighted by molar-refractivity contribution is 0.533. The van der Waals surface area contributed by atoms with Crippen LogP contribution in [0, 0.1) is 5.92 Å². The minimum Gasteiger partial charge on any atom is -0.374 e. The van der Waals surface area contributed by atoms with Crippen molar-refractivity contribution >= 4 is 21.6 Å². The Morgan fingerprint density at radius 2 is 2.38 bits per heavy atom. The van der Waals surface area contributed by atoms with E-state index in [0.29, 0.717) is 11.3 Å². The SMILES string of the molecule is CN1CCC2(CC2CN)c2cc(Br)ccc21. The lowest BCUT2D eigenvalue weighted by atomic mass is 9.85. The van der Waals surface area contributed by atoms with Crippen LogP contribution < -0.4 is 10.6 Å². The topological polar surface area (TPSA) is 29.3 Å². The molecule has 1 aliphatic carbocycles. The molecule has 16 heavy (non-hydrogen) atoms. The van der Waals surface area contributed by atoms with Gasteiger partial charge in [-0.15, -0.1) is 0 Å². The molecule has 0 amide bonds. The lowest BCUT2D eigenvalue weighted by Gasteiger charge is -2.34. The average molecular weight is 281 g/mol. The number of benzene rings is 1. The Hall–Kier alpha value is -0.540. The Balaban J connectivity index is 2.10. The molecule has 2 unspecified atom stereocenters. The van der Waals surface area contributed by atoms with E-state index in [1.807, 2.05) is 0 Å².